The van der Waals surface area contributed by atoms with Crippen molar-refractivity contribution in [2.45, 2.75) is 43.6 Å². The van der Waals surface area contributed by atoms with E-state index >= 15 is 0 Å². The SMILES string of the molecule is CC(C)C[C@H](CO)Nc1nc(S[C@H](C)c2ccccc2Br)nc2nc(N)sc12. The van der Waals surface area contributed by atoms with Gasteiger partial charge in [-0.25, -0.2) is 15.0 Å². The molecule has 0 radical (unpaired) electrons. The van der Waals surface area contributed by atoms with Crippen molar-refractivity contribution in [2.24, 2.45) is 5.92 Å². The summed E-state index contributed by atoms with van der Waals surface area (Å²) >= 11 is 6.54. The maximum atomic E-state index is 9.75. The Morgan fingerprint density at radius 2 is 1.96 bits per heavy atom. The summed E-state index contributed by atoms with van der Waals surface area (Å²) in [4.78, 5) is 13.7. The molecule has 3 aromatic rings. The number of rotatable bonds is 8. The van der Waals surface area contributed by atoms with Gasteiger partial charge in [0.15, 0.2) is 21.8 Å². The predicted molar refractivity (Wildman–Crippen MR) is 122 cm³/mol. The first-order chi connectivity index (χ1) is 13.4. The largest absolute Gasteiger partial charge is 0.394 e. The minimum Gasteiger partial charge on any atom is -0.394 e. The third-order valence-electron chi connectivity index (χ3n) is 4.19. The third-order valence-corrected chi connectivity index (χ3v) is 6.80. The number of benzene rings is 1. The van der Waals surface area contributed by atoms with Crippen molar-refractivity contribution in [3.8, 4) is 0 Å². The van der Waals surface area contributed by atoms with E-state index < -0.39 is 0 Å². The Kier molecular flexibility index (Phi) is 7.14. The second-order valence-corrected chi connectivity index (χ2v) is 10.2. The molecule has 0 aliphatic heterocycles. The standard InChI is InChI=1S/C19H24BrN5OS2/c1-10(2)8-12(9-26)22-16-15-17(23-18(21)28-15)25-19(24-16)27-11(3)13-6-4-5-7-14(13)20/h4-7,10-12,26H,8-9H2,1-3H3,(H3,21,22,23,24,25)/t11-,12-/m1/s1. The number of halogens is 1. The van der Waals surface area contributed by atoms with Crippen LogP contribution >= 0.6 is 39.0 Å². The Labute approximate surface area is 181 Å². The van der Waals surface area contributed by atoms with Crippen molar-refractivity contribution in [1.82, 2.24) is 15.0 Å². The van der Waals surface area contributed by atoms with Crippen molar-refractivity contribution in [1.29, 1.82) is 0 Å². The van der Waals surface area contributed by atoms with Crippen LogP contribution in [0.4, 0.5) is 10.9 Å². The van der Waals surface area contributed by atoms with Crippen molar-refractivity contribution >= 4 is 60.3 Å². The Morgan fingerprint density at radius 1 is 1.21 bits per heavy atom. The van der Waals surface area contributed by atoms with Crippen molar-refractivity contribution in [3.63, 3.8) is 0 Å². The number of aliphatic hydroxyl groups is 1. The molecule has 1 aromatic carbocycles. The monoisotopic (exact) mass is 481 g/mol. The van der Waals surface area contributed by atoms with Gasteiger partial charge in [0.1, 0.15) is 4.70 Å². The number of anilines is 2. The quantitative estimate of drug-likeness (QED) is 0.304. The fourth-order valence-corrected chi connectivity index (χ4v) is 5.38. The molecular formula is C19H24BrN5OS2. The van der Waals surface area contributed by atoms with Gasteiger partial charge < -0.3 is 16.2 Å². The first-order valence-electron chi connectivity index (χ1n) is 9.10. The van der Waals surface area contributed by atoms with E-state index in [4.69, 9.17) is 10.7 Å². The lowest BCUT2D eigenvalue weighted by Gasteiger charge is -2.19. The number of aliphatic hydroxyl groups excluding tert-OH is 1. The molecule has 150 valence electrons. The molecule has 2 aromatic heterocycles. The summed E-state index contributed by atoms with van der Waals surface area (Å²) in [7, 11) is 0. The summed E-state index contributed by atoms with van der Waals surface area (Å²) in [6, 6.07) is 8.05. The van der Waals surface area contributed by atoms with Gasteiger partial charge >= 0.3 is 0 Å². The molecule has 0 fully saturated rings. The van der Waals surface area contributed by atoms with Gasteiger partial charge in [0.25, 0.3) is 0 Å². The molecule has 6 nitrogen and oxygen atoms in total. The van der Waals surface area contributed by atoms with Crippen molar-refractivity contribution < 1.29 is 5.11 Å². The van der Waals surface area contributed by atoms with Crippen LogP contribution in [0.1, 0.15) is 38.0 Å². The number of aromatic nitrogens is 3. The maximum absolute atomic E-state index is 9.75. The number of hydrogen-bond donors (Lipinski definition) is 3. The molecule has 2 atom stereocenters. The molecule has 0 spiro atoms. The van der Waals surface area contributed by atoms with Gasteiger partial charge in [0, 0.05) is 9.72 Å². The maximum Gasteiger partial charge on any atom is 0.192 e. The summed E-state index contributed by atoms with van der Waals surface area (Å²) < 4.78 is 1.88. The lowest BCUT2D eigenvalue weighted by Crippen LogP contribution is -2.26. The number of nitrogens with one attached hydrogen (secondary N) is 1. The summed E-state index contributed by atoms with van der Waals surface area (Å²) in [5.74, 6) is 1.14. The van der Waals surface area contributed by atoms with Crippen LogP contribution in [0.2, 0.25) is 0 Å². The Morgan fingerprint density at radius 3 is 2.64 bits per heavy atom. The third kappa shape index (κ3) is 5.14. The van der Waals surface area contributed by atoms with Crippen LogP contribution in [0.3, 0.4) is 0 Å². The fourth-order valence-electron chi connectivity index (χ4n) is 2.94. The molecule has 28 heavy (non-hydrogen) atoms. The molecule has 0 aliphatic rings. The molecular weight excluding hydrogens is 458 g/mol. The fraction of sp³-hybridized carbons (Fsp3) is 0.421. The number of thioether (sulfide) groups is 1. The number of thiazole rings is 1. The van der Waals surface area contributed by atoms with Gasteiger partial charge in [-0.2, -0.15) is 0 Å². The summed E-state index contributed by atoms with van der Waals surface area (Å²) in [5, 5.41) is 14.4. The molecule has 0 aliphatic carbocycles. The molecule has 2 heterocycles. The van der Waals surface area contributed by atoms with Crippen LogP contribution in [0, 0.1) is 5.92 Å². The molecule has 4 N–H and O–H groups in total. The van der Waals surface area contributed by atoms with Gasteiger partial charge in [0.05, 0.1) is 12.6 Å². The molecule has 9 heteroatoms. The molecule has 0 bridgehead atoms. The van der Waals surface area contributed by atoms with Crippen molar-refractivity contribution in [2.75, 3.05) is 17.7 Å². The summed E-state index contributed by atoms with van der Waals surface area (Å²) in [6.07, 6.45) is 0.839. The minimum absolute atomic E-state index is 0.0355. The number of fused-ring (bicyclic) bond motifs is 1. The smallest absolute Gasteiger partial charge is 0.192 e. The summed E-state index contributed by atoms with van der Waals surface area (Å²) in [5.41, 5.74) is 7.68. The minimum atomic E-state index is -0.0834. The lowest BCUT2D eigenvalue weighted by molar-refractivity contribution is 0.259. The summed E-state index contributed by atoms with van der Waals surface area (Å²) in [6.45, 7) is 6.42. The van der Waals surface area contributed by atoms with Crippen LogP contribution in [0.25, 0.3) is 10.3 Å². The highest BCUT2D eigenvalue weighted by Crippen LogP contribution is 2.38. The van der Waals surface area contributed by atoms with Gasteiger partial charge in [-0.3, -0.25) is 0 Å². The van der Waals surface area contributed by atoms with E-state index in [1.54, 1.807) is 11.8 Å². The highest BCUT2D eigenvalue weighted by atomic mass is 79.9. The molecule has 0 saturated carbocycles. The molecule has 0 unspecified atom stereocenters. The van der Waals surface area contributed by atoms with Crippen molar-refractivity contribution in [3.05, 3.63) is 34.3 Å². The normalized spacial score (nSPS) is 13.8. The zero-order valence-corrected chi connectivity index (χ0v) is 19.2. The van der Waals surface area contributed by atoms with Gasteiger partial charge in [-0.1, -0.05) is 71.1 Å². The highest BCUT2D eigenvalue weighted by molar-refractivity contribution is 9.10. The molecule has 0 saturated heterocycles. The van der Waals surface area contributed by atoms with E-state index in [-0.39, 0.29) is 17.9 Å². The van der Waals surface area contributed by atoms with Crippen LogP contribution in [-0.2, 0) is 0 Å². The Bertz CT molecular complexity index is 949. The molecule has 0 amide bonds. The topological polar surface area (TPSA) is 97.0 Å². The van der Waals surface area contributed by atoms with E-state index in [1.165, 1.54) is 16.9 Å². The van der Waals surface area contributed by atoms with Crippen LogP contribution in [0.15, 0.2) is 33.9 Å². The van der Waals surface area contributed by atoms with Crippen LogP contribution < -0.4 is 11.1 Å². The predicted octanol–water partition coefficient (Wildman–Crippen LogP) is 5.10. The first-order valence-corrected chi connectivity index (χ1v) is 11.6. The average Bonchev–Trinajstić information content (AvgIpc) is 3.01. The number of nitrogen functional groups attached to an aromatic ring is 1. The number of nitrogens with zero attached hydrogens (tertiary/aromatic N) is 3. The zero-order chi connectivity index (χ0) is 20.3. The average molecular weight is 482 g/mol. The Hall–Kier alpha value is -1.42. The van der Waals surface area contributed by atoms with Gasteiger partial charge in [-0.15, -0.1) is 0 Å². The van der Waals surface area contributed by atoms with E-state index in [0.717, 1.165) is 15.6 Å². The second kappa shape index (κ2) is 9.39. The van der Waals surface area contributed by atoms with Crippen LogP contribution in [0.5, 0.6) is 0 Å². The highest BCUT2D eigenvalue weighted by Gasteiger charge is 2.19. The first kappa shape index (κ1) is 21.3. The van der Waals surface area contributed by atoms with E-state index in [2.05, 4.69) is 58.1 Å². The van der Waals surface area contributed by atoms with E-state index in [9.17, 15) is 5.11 Å². The second-order valence-electron chi connectivity index (χ2n) is 6.99. The lowest BCUT2D eigenvalue weighted by atomic mass is 10.0. The Balaban J connectivity index is 1.92. The van der Waals surface area contributed by atoms with Crippen LogP contribution in [-0.4, -0.2) is 32.7 Å². The van der Waals surface area contributed by atoms with E-state index in [0.29, 0.717) is 27.7 Å². The van der Waals surface area contributed by atoms with Gasteiger partial charge in [0.2, 0.25) is 0 Å². The number of nitrogens with two attached hydrogens (primary N) is 1. The zero-order valence-electron chi connectivity index (χ0n) is 16.0. The number of hydrogen-bond acceptors (Lipinski definition) is 8. The molecule has 3 rings (SSSR count). The van der Waals surface area contributed by atoms with Gasteiger partial charge in [-0.05, 0) is 30.9 Å². The van der Waals surface area contributed by atoms with E-state index in [1.807, 2.05) is 18.2 Å².